The number of nitrogens with zero attached hydrogens (tertiary/aromatic N) is 4. The Morgan fingerprint density at radius 1 is 1.17 bits per heavy atom. The van der Waals surface area contributed by atoms with Crippen molar-refractivity contribution in [3.8, 4) is 0 Å². The molecule has 0 N–H and O–H groups in total. The number of aromatic nitrogens is 2. The molecule has 3 rings (SSSR count). The molecule has 0 radical (unpaired) electrons. The third-order valence-electron chi connectivity index (χ3n) is 4.14. The number of rotatable bonds is 5. The SMILES string of the molecule is CCN(Cc1ccccc1)C(=O)c1ccnc(N2CCCC2)n1. The van der Waals surface area contributed by atoms with Crippen LogP contribution in [0.4, 0.5) is 5.95 Å². The average Bonchev–Trinajstić information content (AvgIpc) is 3.15. The van der Waals surface area contributed by atoms with Crippen LogP contribution in [0.1, 0.15) is 35.8 Å². The molecule has 0 spiro atoms. The highest BCUT2D eigenvalue weighted by molar-refractivity contribution is 5.92. The Kier molecular flexibility index (Phi) is 4.86. The van der Waals surface area contributed by atoms with Crippen molar-refractivity contribution in [2.24, 2.45) is 0 Å². The smallest absolute Gasteiger partial charge is 0.272 e. The molecule has 0 unspecified atom stereocenters. The number of carbonyl (C=O) groups is 1. The van der Waals surface area contributed by atoms with Gasteiger partial charge in [-0.05, 0) is 31.4 Å². The van der Waals surface area contributed by atoms with E-state index in [0.29, 0.717) is 24.7 Å². The van der Waals surface area contributed by atoms with Crippen molar-refractivity contribution in [2.75, 3.05) is 24.5 Å². The van der Waals surface area contributed by atoms with Gasteiger partial charge < -0.3 is 9.80 Å². The number of hydrogen-bond acceptors (Lipinski definition) is 4. The second-order valence-corrected chi connectivity index (χ2v) is 5.74. The van der Waals surface area contributed by atoms with Crippen LogP contribution in [0.2, 0.25) is 0 Å². The van der Waals surface area contributed by atoms with Crippen molar-refractivity contribution in [3.63, 3.8) is 0 Å². The summed E-state index contributed by atoms with van der Waals surface area (Å²) in [5.74, 6) is 0.628. The molecule has 0 bridgehead atoms. The van der Waals surface area contributed by atoms with Crippen molar-refractivity contribution in [1.29, 1.82) is 0 Å². The fraction of sp³-hybridized carbons (Fsp3) is 0.389. The number of anilines is 1. The highest BCUT2D eigenvalue weighted by atomic mass is 16.2. The number of benzene rings is 1. The molecular formula is C18H22N4O. The van der Waals surface area contributed by atoms with Gasteiger partial charge in [-0.2, -0.15) is 0 Å². The second-order valence-electron chi connectivity index (χ2n) is 5.74. The summed E-state index contributed by atoms with van der Waals surface area (Å²) in [6, 6.07) is 11.7. The summed E-state index contributed by atoms with van der Waals surface area (Å²) in [5, 5.41) is 0. The van der Waals surface area contributed by atoms with Crippen molar-refractivity contribution < 1.29 is 4.79 Å². The van der Waals surface area contributed by atoms with Crippen molar-refractivity contribution in [1.82, 2.24) is 14.9 Å². The van der Waals surface area contributed by atoms with E-state index in [1.54, 1.807) is 12.3 Å². The van der Waals surface area contributed by atoms with Crippen LogP contribution in [-0.4, -0.2) is 40.4 Å². The lowest BCUT2D eigenvalue weighted by atomic mass is 10.2. The van der Waals surface area contributed by atoms with Gasteiger partial charge in [0, 0.05) is 32.4 Å². The predicted molar refractivity (Wildman–Crippen MR) is 90.3 cm³/mol. The summed E-state index contributed by atoms with van der Waals surface area (Å²) in [7, 11) is 0. The summed E-state index contributed by atoms with van der Waals surface area (Å²) >= 11 is 0. The van der Waals surface area contributed by atoms with Gasteiger partial charge in [-0.25, -0.2) is 9.97 Å². The van der Waals surface area contributed by atoms with Crippen LogP contribution >= 0.6 is 0 Å². The molecule has 120 valence electrons. The summed E-state index contributed by atoms with van der Waals surface area (Å²) < 4.78 is 0. The van der Waals surface area contributed by atoms with Crippen LogP contribution in [0.25, 0.3) is 0 Å². The zero-order valence-corrected chi connectivity index (χ0v) is 13.5. The zero-order chi connectivity index (χ0) is 16.1. The Hall–Kier alpha value is -2.43. The van der Waals surface area contributed by atoms with E-state index in [-0.39, 0.29) is 5.91 Å². The standard InChI is InChI=1S/C18H22N4O/c1-2-21(14-15-8-4-3-5-9-15)17(23)16-10-11-19-18(20-16)22-12-6-7-13-22/h3-5,8-11H,2,6-7,12-14H2,1H3. The summed E-state index contributed by atoms with van der Waals surface area (Å²) in [5.41, 5.74) is 1.59. The molecule has 1 aliphatic rings. The molecule has 2 heterocycles. The van der Waals surface area contributed by atoms with Crippen LogP contribution in [0, 0.1) is 0 Å². The lowest BCUT2D eigenvalue weighted by Crippen LogP contribution is -2.31. The second kappa shape index (κ2) is 7.22. The van der Waals surface area contributed by atoms with E-state index in [2.05, 4.69) is 14.9 Å². The van der Waals surface area contributed by atoms with Crippen LogP contribution in [0.5, 0.6) is 0 Å². The summed E-state index contributed by atoms with van der Waals surface area (Å²) in [6.45, 7) is 5.18. The van der Waals surface area contributed by atoms with Crippen LogP contribution in [0.15, 0.2) is 42.6 Å². The number of amides is 1. The van der Waals surface area contributed by atoms with E-state index in [1.807, 2.05) is 42.2 Å². The van der Waals surface area contributed by atoms with E-state index in [0.717, 1.165) is 31.5 Å². The van der Waals surface area contributed by atoms with Gasteiger partial charge in [0.05, 0.1) is 0 Å². The first-order valence-electron chi connectivity index (χ1n) is 8.19. The Morgan fingerprint density at radius 2 is 1.91 bits per heavy atom. The fourth-order valence-corrected chi connectivity index (χ4v) is 2.83. The highest BCUT2D eigenvalue weighted by Crippen LogP contribution is 2.16. The van der Waals surface area contributed by atoms with Crippen molar-refractivity contribution >= 4 is 11.9 Å². The minimum atomic E-state index is -0.0424. The van der Waals surface area contributed by atoms with E-state index >= 15 is 0 Å². The third-order valence-corrected chi connectivity index (χ3v) is 4.14. The third kappa shape index (κ3) is 3.67. The van der Waals surface area contributed by atoms with E-state index in [1.165, 1.54) is 0 Å². The van der Waals surface area contributed by atoms with Gasteiger partial charge in [-0.3, -0.25) is 4.79 Å². The fourth-order valence-electron chi connectivity index (χ4n) is 2.83. The molecule has 1 fully saturated rings. The van der Waals surface area contributed by atoms with Gasteiger partial charge in [0.2, 0.25) is 5.95 Å². The largest absolute Gasteiger partial charge is 0.341 e. The lowest BCUT2D eigenvalue weighted by molar-refractivity contribution is 0.0746. The summed E-state index contributed by atoms with van der Waals surface area (Å²) in [6.07, 6.45) is 4.01. The quantitative estimate of drug-likeness (QED) is 0.852. The molecule has 0 aliphatic carbocycles. The van der Waals surface area contributed by atoms with Crippen LogP contribution in [0.3, 0.4) is 0 Å². The van der Waals surface area contributed by atoms with Gasteiger partial charge in [-0.15, -0.1) is 0 Å². The summed E-state index contributed by atoms with van der Waals surface area (Å²) in [4.78, 5) is 25.5. The minimum absolute atomic E-state index is 0.0424. The maximum absolute atomic E-state index is 12.8. The molecule has 1 aromatic carbocycles. The lowest BCUT2D eigenvalue weighted by Gasteiger charge is -2.21. The molecule has 5 heteroatoms. The topological polar surface area (TPSA) is 49.3 Å². The maximum atomic E-state index is 12.8. The van der Waals surface area contributed by atoms with E-state index in [9.17, 15) is 4.79 Å². The molecule has 1 aliphatic heterocycles. The Balaban J connectivity index is 1.76. The molecule has 1 amide bonds. The zero-order valence-electron chi connectivity index (χ0n) is 13.5. The van der Waals surface area contributed by atoms with E-state index in [4.69, 9.17) is 0 Å². The predicted octanol–water partition coefficient (Wildman–Crippen LogP) is 2.74. The maximum Gasteiger partial charge on any atom is 0.272 e. The molecular weight excluding hydrogens is 288 g/mol. The Bertz CT molecular complexity index is 653. The van der Waals surface area contributed by atoms with Gasteiger partial charge in [0.15, 0.2) is 0 Å². The normalized spacial score (nSPS) is 14.0. The molecule has 0 atom stereocenters. The molecule has 23 heavy (non-hydrogen) atoms. The molecule has 0 saturated carbocycles. The average molecular weight is 310 g/mol. The Morgan fingerprint density at radius 3 is 2.61 bits per heavy atom. The first kappa shape index (κ1) is 15.5. The molecule has 2 aromatic rings. The monoisotopic (exact) mass is 310 g/mol. The van der Waals surface area contributed by atoms with E-state index < -0.39 is 0 Å². The van der Waals surface area contributed by atoms with Gasteiger partial charge in [-0.1, -0.05) is 30.3 Å². The number of carbonyl (C=O) groups excluding carboxylic acids is 1. The van der Waals surface area contributed by atoms with Gasteiger partial charge in [0.25, 0.3) is 5.91 Å². The first-order chi connectivity index (χ1) is 11.3. The van der Waals surface area contributed by atoms with Crippen LogP contribution in [-0.2, 0) is 6.54 Å². The molecule has 1 saturated heterocycles. The van der Waals surface area contributed by atoms with Gasteiger partial charge >= 0.3 is 0 Å². The van der Waals surface area contributed by atoms with Crippen molar-refractivity contribution in [2.45, 2.75) is 26.3 Å². The molecule has 5 nitrogen and oxygen atoms in total. The van der Waals surface area contributed by atoms with Crippen LogP contribution < -0.4 is 4.90 Å². The first-order valence-corrected chi connectivity index (χ1v) is 8.19. The van der Waals surface area contributed by atoms with Gasteiger partial charge in [0.1, 0.15) is 5.69 Å². The molecule has 1 aromatic heterocycles. The minimum Gasteiger partial charge on any atom is -0.341 e. The highest BCUT2D eigenvalue weighted by Gasteiger charge is 2.19. The Labute approximate surface area is 137 Å². The van der Waals surface area contributed by atoms with Crippen molar-refractivity contribution in [3.05, 3.63) is 53.9 Å². The number of hydrogen-bond donors (Lipinski definition) is 0.